The van der Waals surface area contributed by atoms with Crippen LogP contribution in [-0.2, 0) is 9.59 Å². The zero-order valence-corrected chi connectivity index (χ0v) is 11.2. The number of carbonyl (C=O) groups is 2. The summed E-state index contributed by atoms with van der Waals surface area (Å²) in [6.07, 6.45) is 1.18. The maximum Gasteiger partial charge on any atom is 0.230 e. The molecule has 0 spiro atoms. The molecule has 1 fully saturated rings. The third-order valence-electron chi connectivity index (χ3n) is 2.88. The fourth-order valence-electron chi connectivity index (χ4n) is 2.10. The summed E-state index contributed by atoms with van der Waals surface area (Å²) in [7, 11) is 0. The van der Waals surface area contributed by atoms with Crippen LogP contribution in [0.4, 0.5) is 0 Å². The number of amides is 2. The van der Waals surface area contributed by atoms with E-state index in [1.54, 1.807) is 11.3 Å². The summed E-state index contributed by atoms with van der Waals surface area (Å²) in [4.78, 5) is 24.2. The highest BCUT2D eigenvalue weighted by atomic mass is 79.9. The van der Waals surface area contributed by atoms with Crippen LogP contribution < -0.4 is 5.32 Å². The number of imide groups is 1. The van der Waals surface area contributed by atoms with Gasteiger partial charge in [0.1, 0.15) is 0 Å². The molecule has 1 aromatic heterocycles. The number of piperidine rings is 1. The van der Waals surface area contributed by atoms with Gasteiger partial charge in [-0.15, -0.1) is 11.3 Å². The van der Waals surface area contributed by atoms with Crippen molar-refractivity contribution >= 4 is 39.1 Å². The van der Waals surface area contributed by atoms with E-state index < -0.39 is 0 Å². The monoisotopic (exact) mass is 301 g/mol. The van der Waals surface area contributed by atoms with Gasteiger partial charge in [0.2, 0.25) is 11.8 Å². The fourth-order valence-corrected chi connectivity index (χ4v) is 3.71. The summed E-state index contributed by atoms with van der Waals surface area (Å²) in [5, 5.41) is 4.39. The highest BCUT2D eigenvalue weighted by Crippen LogP contribution is 2.37. The second-order valence-electron chi connectivity index (χ2n) is 3.91. The number of nitrogens with one attached hydrogen (secondary N) is 1. The predicted molar refractivity (Wildman–Crippen MR) is 66.3 cm³/mol. The minimum Gasteiger partial charge on any atom is -0.296 e. The molecule has 2 unspecified atom stereocenters. The quantitative estimate of drug-likeness (QED) is 0.854. The molecule has 5 heteroatoms. The molecule has 3 nitrogen and oxygen atoms in total. The van der Waals surface area contributed by atoms with Crippen molar-refractivity contribution in [3.63, 3.8) is 0 Å². The SMILES string of the molecule is CCC1C(=O)NC(=O)CC1c1cc(Br)cs1. The van der Waals surface area contributed by atoms with Gasteiger partial charge in [-0.1, -0.05) is 6.92 Å². The van der Waals surface area contributed by atoms with Crippen LogP contribution in [0.25, 0.3) is 0 Å². The molecule has 0 bridgehead atoms. The molecule has 2 heterocycles. The van der Waals surface area contributed by atoms with Crippen molar-refractivity contribution in [2.24, 2.45) is 5.92 Å². The molecule has 1 aliphatic rings. The van der Waals surface area contributed by atoms with Gasteiger partial charge in [0, 0.05) is 33.0 Å². The van der Waals surface area contributed by atoms with Crippen LogP contribution >= 0.6 is 27.3 Å². The van der Waals surface area contributed by atoms with Crippen molar-refractivity contribution in [2.75, 3.05) is 0 Å². The molecule has 2 amide bonds. The molecule has 1 N–H and O–H groups in total. The van der Waals surface area contributed by atoms with Crippen LogP contribution in [0, 0.1) is 5.92 Å². The second-order valence-corrected chi connectivity index (χ2v) is 5.76. The summed E-state index contributed by atoms with van der Waals surface area (Å²) in [6, 6.07) is 2.00. The van der Waals surface area contributed by atoms with Crippen molar-refractivity contribution < 1.29 is 9.59 Å². The van der Waals surface area contributed by atoms with E-state index in [0.717, 1.165) is 15.8 Å². The Bertz CT molecular complexity index is 429. The number of thiophene rings is 1. The molecule has 0 aromatic carbocycles. The molecule has 0 aliphatic carbocycles. The summed E-state index contributed by atoms with van der Waals surface area (Å²) in [5.41, 5.74) is 0. The molecule has 2 rings (SSSR count). The Morgan fingerprint density at radius 2 is 2.31 bits per heavy atom. The first-order chi connectivity index (χ1) is 7.61. The highest BCUT2D eigenvalue weighted by molar-refractivity contribution is 9.10. The molecule has 2 atom stereocenters. The Labute approximate surface area is 106 Å². The van der Waals surface area contributed by atoms with Crippen LogP contribution in [0.15, 0.2) is 15.9 Å². The van der Waals surface area contributed by atoms with E-state index in [2.05, 4.69) is 21.2 Å². The van der Waals surface area contributed by atoms with Gasteiger partial charge >= 0.3 is 0 Å². The number of hydrogen-bond acceptors (Lipinski definition) is 3. The molecule has 0 radical (unpaired) electrons. The molecule has 86 valence electrons. The third kappa shape index (κ3) is 2.20. The third-order valence-corrected chi connectivity index (χ3v) is 4.71. The van der Waals surface area contributed by atoms with Crippen LogP contribution in [0.1, 0.15) is 30.6 Å². The zero-order valence-electron chi connectivity index (χ0n) is 8.83. The Morgan fingerprint density at radius 1 is 1.56 bits per heavy atom. The lowest BCUT2D eigenvalue weighted by molar-refractivity contribution is -0.137. The first-order valence-corrected chi connectivity index (χ1v) is 6.86. The first-order valence-electron chi connectivity index (χ1n) is 5.19. The van der Waals surface area contributed by atoms with Crippen LogP contribution in [-0.4, -0.2) is 11.8 Å². The van der Waals surface area contributed by atoms with E-state index in [9.17, 15) is 9.59 Å². The maximum absolute atomic E-state index is 11.7. The van der Waals surface area contributed by atoms with E-state index >= 15 is 0 Å². The Balaban J connectivity index is 2.29. The number of halogens is 1. The average molecular weight is 302 g/mol. The van der Waals surface area contributed by atoms with Gasteiger partial charge in [0.25, 0.3) is 0 Å². The zero-order chi connectivity index (χ0) is 11.7. The van der Waals surface area contributed by atoms with E-state index in [-0.39, 0.29) is 23.7 Å². The molecule has 1 aromatic rings. The molecule has 1 saturated heterocycles. The topological polar surface area (TPSA) is 46.2 Å². The second kappa shape index (κ2) is 4.67. The van der Waals surface area contributed by atoms with E-state index in [0.29, 0.717) is 6.42 Å². The van der Waals surface area contributed by atoms with Crippen molar-refractivity contribution in [1.29, 1.82) is 0 Å². The van der Waals surface area contributed by atoms with E-state index in [4.69, 9.17) is 0 Å². The van der Waals surface area contributed by atoms with Gasteiger partial charge in [-0.05, 0) is 28.4 Å². The molecule has 16 heavy (non-hydrogen) atoms. The molecular weight excluding hydrogens is 290 g/mol. The fraction of sp³-hybridized carbons (Fsp3) is 0.455. The van der Waals surface area contributed by atoms with Crippen molar-refractivity contribution in [3.8, 4) is 0 Å². The van der Waals surface area contributed by atoms with Gasteiger partial charge in [-0.25, -0.2) is 0 Å². The predicted octanol–water partition coefficient (Wildman–Crippen LogP) is 2.67. The van der Waals surface area contributed by atoms with E-state index in [1.165, 1.54) is 0 Å². The van der Waals surface area contributed by atoms with Gasteiger partial charge in [0.05, 0.1) is 0 Å². The van der Waals surface area contributed by atoms with Crippen molar-refractivity contribution in [3.05, 3.63) is 20.8 Å². The number of hydrogen-bond donors (Lipinski definition) is 1. The minimum atomic E-state index is -0.163. The van der Waals surface area contributed by atoms with Crippen LogP contribution in [0.3, 0.4) is 0 Å². The summed E-state index contributed by atoms with van der Waals surface area (Å²) >= 11 is 5.00. The Morgan fingerprint density at radius 3 is 2.88 bits per heavy atom. The smallest absolute Gasteiger partial charge is 0.230 e. The van der Waals surface area contributed by atoms with Crippen molar-refractivity contribution in [1.82, 2.24) is 5.32 Å². The highest BCUT2D eigenvalue weighted by Gasteiger charge is 2.36. The average Bonchev–Trinajstić information content (AvgIpc) is 2.63. The van der Waals surface area contributed by atoms with Crippen LogP contribution in [0.2, 0.25) is 0 Å². The van der Waals surface area contributed by atoms with Gasteiger partial charge in [-0.3, -0.25) is 14.9 Å². The van der Waals surface area contributed by atoms with Gasteiger partial charge in [0.15, 0.2) is 0 Å². The molecule has 1 aliphatic heterocycles. The Kier molecular flexibility index (Phi) is 3.44. The molecular formula is C11H12BrNO2S. The number of carbonyl (C=O) groups excluding carboxylic acids is 2. The summed E-state index contributed by atoms with van der Waals surface area (Å²) < 4.78 is 1.01. The Hall–Kier alpha value is -0.680. The first kappa shape index (κ1) is 11.8. The minimum absolute atomic E-state index is 0.0440. The normalized spacial score (nSPS) is 25.6. The van der Waals surface area contributed by atoms with Gasteiger partial charge in [-0.2, -0.15) is 0 Å². The van der Waals surface area contributed by atoms with E-state index in [1.807, 2.05) is 18.4 Å². The molecule has 0 saturated carbocycles. The van der Waals surface area contributed by atoms with Crippen LogP contribution in [0.5, 0.6) is 0 Å². The lowest BCUT2D eigenvalue weighted by Gasteiger charge is -2.28. The largest absolute Gasteiger partial charge is 0.296 e. The van der Waals surface area contributed by atoms with Crippen molar-refractivity contribution in [2.45, 2.75) is 25.7 Å². The summed E-state index contributed by atoms with van der Waals surface area (Å²) in [6.45, 7) is 1.98. The number of rotatable bonds is 2. The van der Waals surface area contributed by atoms with Gasteiger partial charge < -0.3 is 0 Å². The summed E-state index contributed by atoms with van der Waals surface area (Å²) in [5.74, 6) is -0.330. The standard InChI is InChI=1S/C11H12BrNO2S/c1-2-7-8(4-10(14)13-11(7)15)9-3-6(12)5-16-9/h3,5,7-8H,2,4H2,1H3,(H,13,14,15). The lowest BCUT2D eigenvalue weighted by Crippen LogP contribution is -2.44. The lowest BCUT2D eigenvalue weighted by atomic mass is 9.82. The maximum atomic E-state index is 11.7.